The first-order valence-electron chi connectivity index (χ1n) is 6.38. The molecule has 0 aliphatic rings. The third kappa shape index (κ3) is 3.36. The van der Waals surface area contributed by atoms with Gasteiger partial charge in [-0.2, -0.15) is 0 Å². The van der Waals surface area contributed by atoms with Crippen molar-refractivity contribution < 1.29 is 17.9 Å². The molecule has 7 heteroatoms. The first kappa shape index (κ1) is 15.4. The molecule has 0 aliphatic heterocycles. The molecule has 21 heavy (non-hydrogen) atoms. The molecule has 0 saturated carbocycles. The minimum Gasteiger partial charge on any atom is -0.383 e. The van der Waals surface area contributed by atoms with Crippen molar-refractivity contribution >= 4 is 5.95 Å². The maximum Gasteiger partial charge on any atom is 0.208 e. The Morgan fingerprint density at radius 3 is 2.71 bits per heavy atom. The van der Waals surface area contributed by atoms with Crippen molar-refractivity contribution in [3.63, 3.8) is 0 Å². The molecular weight excluding hydrogens is 283 g/mol. The molecule has 0 radical (unpaired) electrons. The topological polar surface area (TPSA) is 39.1 Å². The lowest BCUT2D eigenvalue weighted by Crippen LogP contribution is -2.23. The largest absolute Gasteiger partial charge is 0.383 e. The van der Waals surface area contributed by atoms with Crippen molar-refractivity contribution in [3.05, 3.63) is 41.5 Å². The van der Waals surface area contributed by atoms with Gasteiger partial charge in [0, 0.05) is 31.5 Å². The van der Waals surface area contributed by atoms with E-state index in [-0.39, 0.29) is 11.7 Å². The monoisotopic (exact) mass is 299 g/mol. The van der Waals surface area contributed by atoms with E-state index in [1.807, 2.05) is 6.92 Å². The Balaban J connectivity index is 2.45. The number of aromatic nitrogens is 2. The van der Waals surface area contributed by atoms with Gasteiger partial charge >= 0.3 is 0 Å². The summed E-state index contributed by atoms with van der Waals surface area (Å²) in [6.45, 7) is 3.96. The summed E-state index contributed by atoms with van der Waals surface area (Å²) < 4.78 is 46.9. The molecular formula is C14H16F3N3O. The molecule has 1 atom stereocenters. The molecule has 0 aliphatic carbocycles. The highest BCUT2D eigenvalue weighted by Crippen LogP contribution is 2.23. The quantitative estimate of drug-likeness (QED) is 0.863. The van der Waals surface area contributed by atoms with Crippen LogP contribution in [-0.4, -0.2) is 29.3 Å². The first-order valence-corrected chi connectivity index (χ1v) is 6.38. The first-order chi connectivity index (χ1) is 9.92. The smallest absolute Gasteiger partial charge is 0.208 e. The number of hydrogen-bond acceptors (Lipinski definition) is 3. The zero-order valence-electron chi connectivity index (χ0n) is 12.0. The van der Waals surface area contributed by atoms with E-state index in [9.17, 15) is 13.2 Å². The van der Waals surface area contributed by atoms with Crippen molar-refractivity contribution in [3.8, 4) is 5.69 Å². The lowest BCUT2D eigenvalue weighted by molar-refractivity contribution is 0.190. The lowest BCUT2D eigenvalue weighted by atomic mass is 10.2. The summed E-state index contributed by atoms with van der Waals surface area (Å²) in [5.74, 6) is -2.93. The summed E-state index contributed by atoms with van der Waals surface area (Å²) in [6.07, 6.45) is 1.50. The summed E-state index contributed by atoms with van der Waals surface area (Å²) in [6, 6.07) is 1.33. The number of rotatable bonds is 5. The van der Waals surface area contributed by atoms with Gasteiger partial charge in [0.05, 0.1) is 18.0 Å². The zero-order valence-corrected chi connectivity index (χ0v) is 12.0. The molecule has 2 rings (SSSR count). The Hall–Kier alpha value is -2.02. The molecule has 1 unspecified atom stereocenters. The maximum atomic E-state index is 13.9. The van der Waals surface area contributed by atoms with Gasteiger partial charge in [0.1, 0.15) is 5.82 Å². The van der Waals surface area contributed by atoms with Crippen LogP contribution >= 0.6 is 0 Å². The lowest BCUT2D eigenvalue weighted by Gasteiger charge is -2.15. The molecule has 1 N–H and O–H groups in total. The molecule has 1 aromatic heterocycles. The number of methoxy groups -OCH3 is 1. The van der Waals surface area contributed by atoms with Gasteiger partial charge in [0.2, 0.25) is 5.95 Å². The summed E-state index contributed by atoms with van der Waals surface area (Å²) in [5.41, 5.74) is 0.353. The average Bonchev–Trinajstić information content (AvgIpc) is 2.74. The second-order valence-electron chi connectivity index (χ2n) is 4.80. The fourth-order valence-electron chi connectivity index (χ4n) is 2.01. The van der Waals surface area contributed by atoms with Crippen LogP contribution in [0.2, 0.25) is 0 Å². The number of halogens is 3. The summed E-state index contributed by atoms with van der Waals surface area (Å²) in [7, 11) is 1.55. The fourth-order valence-corrected chi connectivity index (χ4v) is 2.01. The molecule has 0 amide bonds. The Labute approximate surface area is 120 Å². The number of hydrogen-bond donors (Lipinski definition) is 1. The zero-order chi connectivity index (χ0) is 15.6. The van der Waals surface area contributed by atoms with Crippen molar-refractivity contribution in [1.82, 2.24) is 9.55 Å². The van der Waals surface area contributed by atoms with Crippen LogP contribution in [0, 0.1) is 24.4 Å². The van der Waals surface area contributed by atoms with Crippen molar-refractivity contribution in [1.29, 1.82) is 0 Å². The van der Waals surface area contributed by atoms with Crippen molar-refractivity contribution in [2.75, 3.05) is 19.0 Å². The predicted molar refractivity (Wildman–Crippen MR) is 73.1 cm³/mol. The Morgan fingerprint density at radius 1 is 1.33 bits per heavy atom. The van der Waals surface area contributed by atoms with Crippen LogP contribution in [0.1, 0.15) is 12.6 Å². The van der Waals surface area contributed by atoms with Gasteiger partial charge in [-0.25, -0.2) is 18.2 Å². The van der Waals surface area contributed by atoms with Gasteiger partial charge in [-0.3, -0.25) is 4.57 Å². The van der Waals surface area contributed by atoms with Crippen LogP contribution < -0.4 is 5.32 Å². The SMILES string of the molecule is COCC(C)Nc1nc(C)cn1-c1cc(F)cc(F)c1F. The van der Waals surface area contributed by atoms with Gasteiger partial charge in [0.15, 0.2) is 11.6 Å². The van der Waals surface area contributed by atoms with E-state index >= 15 is 0 Å². The van der Waals surface area contributed by atoms with E-state index in [4.69, 9.17) is 4.74 Å². The van der Waals surface area contributed by atoms with E-state index < -0.39 is 17.5 Å². The predicted octanol–water partition coefficient (Wildman–Crippen LogP) is 3.04. The number of benzene rings is 1. The normalized spacial score (nSPS) is 12.5. The number of anilines is 1. The van der Waals surface area contributed by atoms with Crippen LogP contribution in [0.15, 0.2) is 18.3 Å². The minimum absolute atomic E-state index is 0.1000. The maximum absolute atomic E-state index is 13.9. The van der Waals surface area contributed by atoms with Gasteiger partial charge < -0.3 is 10.1 Å². The Kier molecular flexibility index (Phi) is 4.52. The van der Waals surface area contributed by atoms with Crippen LogP contribution in [0.25, 0.3) is 5.69 Å². The molecule has 0 spiro atoms. The van der Waals surface area contributed by atoms with Crippen molar-refractivity contribution in [2.24, 2.45) is 0 Å². The number of imidazole rings is 1. The van der Waals surface area contributed by atoms with Gasteiger partial charge in [0.25, 0.3) is 0 Å². The minimum atomic E-state index is -1.24. The summed E-state index contributed by atoms with van der Waals surface area (Å²) in [4.78, 5) is 4.19. The highest BCUT2D eigenvalue weighted by Gasteiger charge is 2.17. The Morgan fingerprint density at radius 2 is 2.05 bits per heavy atom. The van der Waals surface area contributed by atoms with Crippen LogP contribution in [0.3, 0.4) is 0 Å². The third-order valence-electron chi connectivity index (χ3n) is 2.85. The molecule has 0 saturated heterocycles. The van der Waals surface area contributed by atoms with Crippen LogP contribution in [0.4, 0.5) is 19.1 Å². The van der Waals surface area contributed by atoms with E-state index in [1.54, 1.807) is 14.0 Å². The molecule has 1 aromatic carbocycles. The van der Waals surface area contributed by atoms with Gasteiger partial charge in [-0.15, -0.1) is 0 Å². The number of nitrogens with zero attached hydrogens (tertiary/aromatic N) is 2. The molecule has 2 aromatic rings. The summed E-state index contributed by atoms with van der Waals surface area (Å²) in [5, 5.41) is 3.01. The van der Waals surface area contributed by atoms with E-state index in [2.05, 4.69) is 10.3 Å². The van der Waals surface area contributed by atoms with Gasteiger partial charge in [-0.1, -0.05) is 0 Å². The van der Waals surface area contributed by atoms with Gasteiger partial charge in [-0.05, 0) is 13.8 Å². The second kappa shape index (κ2) is 6.17. The van der Waals surface area contributed by atoms with E-state index in [0.717, 1.165) is 6.07 Å². The molecule has 0 fully saturated rings. The summed E-state index contributed by atoms with van der Waals surface area (Å²) >= 11 is 0. The Bertz CT molecular complexity index is 643. The molecule has 0 bridgehead atoms. The number of ether oxygens (including phenoxy) is 1. The molecule has 4 nitrogen and oxygen atoms in total. The van der Waals surface area contributed by atoms with E-state index in [1.165, 1.54) is 10.8 Å². The fraction of sp³-hybridized carbons (Fsp3) is 0.357. The standard InChI is InChI=1S/C14H16F3N3O/c1-8-6-20(14(18-8)19-9(2)7-21-3)12-5-10(15)4-11(16)13(12)17/h4-6,9H,7H2,1-3H3,(H,18,19). The molecule has 114 valence electrons. The molecule has 1 heterocycles. The number of aryl methyl sites for hydroxylation is 1. The number of nitrogens with one attached hydrogen (secondary N) is 1. The highest BCUT2D eigenvalue weighted by atomic mass is 19.2. The van der Waals surface area contributed by atoms with E-state index in [0.29, 0.717) is 24.3 Å². The van der Waals surface area contributed by atoms with Crippen LogP contribution in [-0.2, 0) is 4.74 Å². The van der Waals surface area contributed by atoms with Crippen molar-refractivity contribution in [2.45, 2.75) is 19.9 Å². The second-order valence-corrected chi connectivity index (χ2v) is 4.80. The third-order valence-corrected chi connectivity index (χ3v) is 2.85. The average molecular weight is 299 g/mol. The highest BCUT2D eigenvalue weighted by molar-refractivity contribution is 5.45. The van der Waals surface area contributed by atoms with Crippen LogP contribution in [0.5, 0.6) is 0 Å².